The lowest BCUT2D eigenvalue weighted by Gasteiger charge is -2.08. The molecule has 0 spiro atoms. The van der Waals surface area contributed by atoms with Crippen molar-refractivity contribution in [3.63, 3.8) is 0 Å². The summed E-state index contributed by atoms with van der Waals surface area (Å²) >= 11 is 0. The number of hydrogen-bond donors (Lipinski definition) is 2. The maximum absolute atomic E-state index is 11.5. The molecule has 0 saturated heterocycles. The van der Waals surface area contributed by atoms with Gasteiger partial charge in [-0.2, -0.15) is 5.26 Å². The van der Waals surface area contributed by atoms with E-state index in [1.807, 2.05) is 30.3 Å². The van der Waals surface area contributed by atoms with E-state index in [0.717, 1.165) is 11.3 Å². The number of nitrogen functional groups attached to an aromatic ring is 1. The second-order valence-electron chi connectivity index (χ2n) is 7.24. The van der Waals surface area contributed by atoms with Crippen LogP contribution in [0, 0.1) is 11.3 Å². The number of carbonyl (C=O) groups excluding carboxylic acids is 2. The van der Waals surface area contributed by atoms with Crippen LogP contribution in [0.3, 0.4) is 0 Å². The van der Waals surface area contributed by atoms with Gasteiger partial charge < -0.3 is 20.5 Å². The van der Waals surface area contributed by atoms with Crippen molar-refractivity contribution in [1.82, 2.24) is 9.97 Å². The van der Waals surface area contributed by atoms with Gasteiger partial charge in [-0.05, 0) is 48.5 Å². The van der Waals surface area contributed by atoms with Crippen molar-refractivity contribution >= 4 is 29.3 Å². The molecule has 0 fully saturated rings. The molecule has 36 heavy (non-hydrogen) atoms. The van der Waals surface area contributed by atoms with Crippen LogP contribution < -0.4 is 11.1 Å². The third kappa shape index (κ3) is 6.65. The minimum absolute atomic E-state index is 0.343. The highest BCUT2D eigenvalue weighted by atomic mass is 16.5. The van der Waals surface area contributed by atoms with Crippen LogP contribution in [0.2, 0.25) is 0 Å². The van der Waals surface area contributed by atoms with Crippen LogP contribution in [0.1, 0.15) is 26.3 Å². The molecular weight excluding hydrogens is 458 g/mol. The van der Waals surface area contributed by atoms with Crippen LogP contribution in [-0.4, -0.2) is 36.1 Å². The largest absolute Gasteiger partial charge is 0.465 e. The predicted molar refractivity (Wildman–Crippen MR) is 135 cm³/mol. The zero-order chi connectivity index (χ0) is 25.9. The van der Waals surface area contributed by atoms with Gasteiger partial charge in [0.25, 0.3) is 0 Å². The Bertz CT molecular complexity index is 1370. The van der Waals surface area contributed by atoms with Crippen molar-refractivity contribution in [2.45, 2.75) is 0 Å². The number of benzene rings is 3. The lowest BCUT2D eigenvalue weighted by molar-refractivity contribution is 0.0592. The fourth-order valence-corrected chi connectivity index (χ4v) is 3.01. The highest BCUT2D eigenvalue weighted by Gasteiger charge is 2.10. The zero-order valence-corrected chi connectivity index (χ0v) is 19.6. The second-order valence-corrected chi connectivity index (χ2v) is 7.24. The Hall–Kier alpha value is -5.23. The minimum atomic E-state index is -0.396. The Kier molecular flexibility index (Phi) is 8.67. The van der Waals surface area contributed by atoms with Crippen molar-refractivity contribution < 1.29 is 19.1 Å². The molecule has 4 rings (SSSR count). The van der Waals surface area contributed by atoms with Gasteiger partial charge in [0.1, 0.15) is 6.07 Å². The molecule has 0 unspecified atom stereocenters. The molecule has 9 heteroatoms. The maximum atomic E-state index is 11.5. The first kappa shape index (κ1) is 25.4. The first-order valence-electron chi connectivity index (χ1n) is 10.7. The van der Waals surface area contributed by atoms with Gasteiger partial charge in [-0.25, -0.2) is 19.6 Å². The summed E-state index contributed by atoms with van der Waals surface area (Å²) in [6.45, 7) is 0. The summed E-state index contributed by atoms with van der Waals surface area (Å²) in [5, 5.41) is 12.3. The highest BCUT2D eigenvalue weighted by molar-refractivity contribution is 5.90. The van der Waals surface area contributed by atoms with Crippen LogP contribution in [0.4, 0.5) is 17.3 Å². The van der Waals surface area contributed by atoms with Crippen LogP contribution in [0.5, 0.6) is 0 Å². The summed E-state index contributed by atoms with van der Waals surface area (Å²) in [4.78, 5) is 30.9. The molecule has 0 saturated carbocycles. The lowest BCUT2D eigenvalue weighted by atomic mass is 10.1. The smallest absolute Gasteiger partial charge is 0.337 e. The first-order valence-corrected chi connectivity index (χ1v) is 10.7. The summed E-state index contributed by atoms with van der Waals surface area (Å²) in [5.74, 6) is -0.374. The van der Waals surface area contributed by atoms with Crippen molar-refractivity contribution in [3.05, 3.63) is 102 Å². The molecule has 180 valence electrons. The Morgan fingerprint density at radius 1 is 0.861 bits per heavy atom. The molecule has 0 amide bonds. The van der Waals surface area contributed by atoms with E-state index in [0.29, 0.717) is 34.0 Å². The summed E-state index contributed by atoms with van der Waals surface area (Å²) in [7, 11) is 2.68. The third-order valence-electron chi connectivity index (χ3n) is 4.85. The maximum Gasteiger partial charge on any atom is 0.337 e. The van der Waals surface area contributed by atoms with E-state index in [4.69, 9.17) is 5.73 Å². The molecule has 1 heterocycles. The standard InChI is InChI=1S/C19H14N4O2.C8H9NO2/c1-25-18(24)14-7-9-16(10-8-14)22-19-21-12-15(11-20)17(23-19)13-5-3-2-4-6-13;1-11-8(10)6-2-4-7(9)5-3-6/h2-10,12H,1H3,(H,21,22,23);2-5H,9H2,1H3. The van der Waals surface area contributed by atoms with Gasteiger partial charge in [0.05, 0.1) is 42.8 Å². The van der Waals surface area contributed by atoms with E-state index in [1.165, 1.54) is 20.4 Å². The molecule has 0 aliphatic heterocycles. The van der Waals surface area contributed by atoms with Crippen molar-refractivity contribution in [2.24, 2.45) is 0 Å². The molecule has 3 aromatic carbocycles. The number of carbonyl (C=O) groups is 2. The Labute approximate surface area is 208 Å². The number of methoxy groups -OCH3 is 2. The van der Waals surface area contributed by atoms with Crippen molar-refractivity contribution in [2.75, 3.05) is 25.3 Å². The number of nitrogens with two attached hydrogens (primary N) is 1. The van der Waals surface area contributed by atoms with Gasteiger partial charge in [-0.3, -0.25) is 0 Å². The quantitative estimate of drug-likeness (QED) is 0.309. The number of hydrogen-bond acceptors (Lipinski definition) is 9. The Morgan fingerprint density at radius 3 is 1.94 bits per heavy atom. The molecular formula is C27H23N5O4. The van der Waals surface area contributed by atoms with E-state index >= 15 is 0 Å². The fraction of sp³-hybridized carbons (Fsp3) is 0.0741. The molecule has 0 aliphatic rings. The average molecular weight is 482 g/mol. The monoisotopic (exact) mass is 481 g/mol. The van der Waals surface area contributed by atoms with Gasteiger partial charge in [-0.15, -0.1) is 0 Å². The Morgan fingerprint density at radius 2 is 1.42 bits per heavy atom. The molecule has 9 nitrogen and oxygen atoms in total. The summed E-state index contributed by atoms with van der Waals surface area (Å²) < 4.78 is 9.17. The number of nitrogens with one attached hydrogen (secondary N) is 1. The summed E-state index contributed by atoms with van der Waals surface area (Å²) in [6, 6.07) is 24.9. The number of anilines is 3. The number of nitrogens with zero attached hydrogens (tertiary/aromatic N) is 3. The topological polar surface area (TPSA) is 140 Å². The van der Waals surface area contributed by atoms with E-state index in [-0.39, 0.29) is 5.97 Å². The predicted octanol–water partition coefficient (Wildman–Crippen LogP) is 4.60. The third-order valence-corrected chi connectivity index (χ3v) is 4.85. The van der Waals surface area contributed by atoms with Gasteiger partial charge in [0.15, 0.2) is 0 Å². The second kappa shape index (κ2) is 12.3. The molecule has 0 aliphatic carbocycles. The van der Waals surface area contributed by atoms with Gasteiger partial charge in [-0.1, -0.05) is 30.3 Å². The zero-order valence-electron chi connectivity index (χ0n) is 19.6. The molecule has 0 atom stereocenters. The van der Waals surface area contributed by atoms with E-state index < -0.39 is 5.97 Å². The number of rotatable bonds is 5. The van der Waals surface area contributed by atoms with E-state index in [9.17, 15) is 14.9 Å². The summed E-state index contributed by atoms with van der Waals surface area (Å²) in [6.07, 6.45) is 1.49. The lowest BCUT2D eigenvalue weighted by Crippen LogP contribution is -2.02. The van der Waals surface area contributed by atoms with Crippen LogP contribution in [-0.2, 0) is 9.47 Å². The number of ether oxygens (including phenoxy) is 2. The van der Waals surface area contributed by atoms with E-state index in [2.05, 4.69) is 30.8 Å². The molecule has 3 N–H and O–H groups in total. The number of nitriles is 1. The van der Waals surface area contributed by atoms with Gasteiger partial charge >= 0.3 is 11.9 Å². The minimum Gasteiger partial charge on any atom is -0.465 e. The van der Waals surface area contributed by atoms with Crippen LogP contribution >= 0.6 is 0 Å². The molecule has 0 bridgehead atoms. The van der Waals surface area contributed by atoms with Crippen LogP contribution in [0.25, 0.3) is 11.3 Å². The summed E-state index contributed by atoms with van der Waals surface area (Å²) in [5.41, 5.74) is 9.55. The van der Waals surface area contributed by atoms with E-state index in [1.54, 1.807) is 48.5 Å². The normalized spacial score (nSPS) is 9.69. The van der Waals surface area contributed by atoms with Gasteiger partial charge in [0, 0.05) is 16.9 Å². The first-order chi connectivity index (χ1) is 17.4. The SMILES string of the molecule is COC(=O)c1ccc(N)cc1.COC(=O)c1ccc(Nc2ncc(C#N)c(-c3ccccc3)n2)cc1. The van der Waals surface area contributed by atoms with Crippen LogP contribution in [0.15, 0.2) is 85.1 Å². The fourth-order valence-electron chi connectivity index (χ4n) is 3.01. The molecule has 4 aromatic rings. The number of esters is 2. The molecule has 1 aromatic heterocycles. The highest BCUT2D eigenvalue weighted by Crippen LogP contribution is 2.23. The Balaban J connectivity index is 0.000000275. The average Bonchev–Trinajstić information content (AvgIpc) is 2.94. The van der Waals surface area contributed by atoms with Crippen molar-refractivity contribution in [3.8, 4) is 17.3 Å². The van der Waals surface area contributed by atoms with Gasteiger partial charge in [0.2, 0.25) is 5.95 Å². The van der Waals surface area contributed by atoms with Crippen molar-refractivity contribution in [1.29, 1.82) is 5.26 Å². The molecule has 0 radical (unpaired) electrons. The number of aromatic nitrogens is 2.